The molecule has 0 fully saturated rings. The van der Waals surface area contributed by atoms with E-state index in [0.717, 1.165) is 47.6 Å². The van der Waals surface area contributed by atoms with Gasteiger partial charge in [0.2, 0.25) is 11.8 Å². The number of nitrogens with one attached hydrogen (secondary N) is 2. The van der Waals surface area contributed by atoms with Crippen LogP contribution in [0.25, 0.3) is 11.3 Å². The smallest absolute Gasteiger partial charge is 0.309 e. The van der Waals surface area contributed by atoms with Gasteiger partial charge in [-0.25, -0.2) is 9.97 Å². The van der Waals surface area contributed by atoms with Crippen LogP contribution in [-0.4, -0.2) is 72.1 Å². The third-order valence-corrected chi connectivity index (χ3v) is 6.77. The first-order valence-electron chi connectivity index (χ1n) is 13.4. The van der Waals surface area contributed by atoms with Gasteiger partial charge in [-0.2, -0.15) is 5.10 Å². The lowest BCUT2D eigenvalue weighted by Gasteiger charge is -2.25. The zero-order valence-electron chi connectivity index (χ0n) is 23.3. The Morgan fingerprint density at radius 1 is 1.23 bits per heavy atom. The molecule has 12 heteroatoms. The summed E-state index contributed by atoms with van der Waals surface area (Å²) >= 11 is 0. The monoisotopic (exact) mass is 545 g/mol. The Hall–Kier alpha value is -4.16. The van der Waals surface area contributed by atoms with Crippen LogP contribution in [0.5, 0.6) is 0 Å². The molecule has 40 heavy (non-hydrogen) atoms. The van der Waals surface area contributed by atoms with Gasteiger partial charge in [0.25, 0.3) is 0 Å². The number of fused-ring (bicyclic) bond motifs is 1. The number of amides is 1. The second-order valence-corrected chi connectivity index (χ2v) is 11.0. The fourth-order valence-corrected chi connectivity index (χ4v) is 4.70. The molecule has 0 radical (unpaired) electrons. The van der Waals surface area contributed by atoms with Gasteiger partial charge in [0.05, 0.1) is 23.6 Å². The Kier molecular flexibility index (Phi) is 7.90. The summed E-state index contributed by atoms with van der Waals surface area (Å²) in [5, 5.41) is 27.9. The second-order valence-electron chi connectivity index (χ2n) is 11.0. The zero-order valence-corrected chi connectivity index (χ0v) is 23.3. The minimum atomic E-state index is -0.408. The van der Waals surface area contributed by atoms with E-state index in [1.807, 2.05) is 46.1 Å². The molecule has 0 aliphatic carbocycles. The van der Waals surface area contributed by atoms with E-state index >= 15 is 0 Å². The molecule has 210 valence electrons. The average molecular weight is 546 g/mol. The van der Waals surface area contributed by atoms with E-state index in [1.54, 1.807) is 17.1 Å². The summed E-state index contributed by atoms with van der Waals surface area (Å²) in [6, 6.07) is 7.78. The molecule has 3 N–H and O–H groups in total. The first-order valence-corrected chi connectivity index (χ1v) is 13.4. The Bertz CT molecular complexity index is 1470. The highest BCUT2D eigenvalue weighted by Gasteiger charge is 2.29. The van der Waals surface area contributed by atoms with Crippen LogP contribution in [0.2, 0.25) is 0 Å². The largest absolute Gasteiger partial charge is 0.416 e. The van der Waals surface area contributed by atoms with Crippen molar-refractivity contribution in [1.82, 2.24) is 40.2 Å². The maximum atomic E-state index is 13.2. The summed E-state index contributed by atoms with van der Waals surface area (Å²) in [4.78, 5) is 24.5. The molecule has 0 saturated heterocycles. The first kappa shape index (κ1) is 27.4. The lowest BCUT2D eigenvalue weighted by atomic mass is 9.96. The van der Waals surface area contributed by atoms with Crippen molar-refractivity contribution >= 4 is 17.5 Å². The molecule has 3 aromatic heterocycles. The molecule has 1 aliphatic heterocycles. The topological polar surface area (TPSA) is 147 Å². The van der Waals surface area contributed by atoms with Crippen molar-refractivity contribution < 1.29 is 14.3 Å². The molecule has 4 heterocycles. The third kappa shape index (κ3) is 6.35. The number of aromatic nitrogens is 6. The second kappa shape index (κ2) is 11.5. The van der Waals surface area contributed by atoms with Crippen LogP contribution in [0.1, 0.15) is 60.9 Å². The maximum absolute atomic E-state index is 13.2. The summed E-state index contributed by atoms with van der Waals surface area (Å²) in [7, 11) is 1.85. The SMILES string of the molecule is Cn1cc(Nc2nccc(-c3ccc4c(c3)CCN(CCCO)C[C@@H]4NC(=O)c3nnc(C(C)(C)C)o3)n2)cn1. The Labute approximate surface area is 232 Å². The molecule has 1 amide bonds. The summed E-state index contributed by atoms with van der Waals surface area (Å²) < 4.78 is 7.40. The normalized spacial score (nSPS) is 15.9. The van der Waals surface area contributed by atoms with Gasteiger partial charge in [-0.3, -0.25) is 9.48 Å². The molecule has 1 aliphatic rings. The maximum Gasteiger partial charge on any atom is 0.309 e. The highest BCUT2D eigenvalue weighted by Crippen LogP contribution is 2.29. The number of carbonyl (C=O) groups excluding carboxylic acids is 1. The quantitative estimate of drug-likeness (QED) is 0.302. The van der Waals surface area contributed by atoms with Gasteiger partial charge in [-0.05, 0) is 36.1 Å². The Balaban J connectivity index is 1.41. The first-order chi connectivity index (χ1) is 19.2. The van der Waals surface area contributed by atoms with Gasteiger partial charge in [-0.1, -0.05) is 32.9 Å². The van der Waals surface area contributed by atoms with Gasteiger partial charge in [0.1, 0.15) is 0 Å². The summed E-state index contributed by atoms with van der Waals surface area (Å²) in [5.41, 5.74) is 4.34. The van der Waals surface area contributed by atoms with Gasteiger partial charge in [0.15, 0.2) is 0 Å². The number of nitrogens with zero attached hydrogens (tertiary/aromatic N) is 7. The van der Waals surface area contributed by atoms with E-state index < -0.39 is 5.91 Å². The molecular weight excluding hydrogens is 510 g/mol. The van der Waals surface area contributed by atoms with Crippen molar-refractivity contribution in [3.8, 4) is 11.3 Å². The highest BCUT2D eigenvalue weighted by atomic mass is 16.4. The number of aliphatic hydroxyl groups excluding tert-OH is 1. The molecule has 1 aromatic carbocycles. The van der Waals surface area contributed by atoms with Crippen molar-refractivity contribution in [2.45, 2.75) is 45.1 Å². The molecule has 5 rings (SSSR count). The van der Waals surface area contributed by atoms with Gasteiger partial charge < -0.3 is 25.1 Å². The molecule has 1 atom stereocenters. The number of hydrogen-bond acceptors (Lipinski definition) is 10. The lowest BCUT2D eigenvalue weighted by Crippen LogP contribution is -2.38. The standard InChI is InChI=1S/C28H35N9O3/c1-28(2,3)26-35-34-25(40-26)24(39)32-23-17-37(11-5-13-38)12-9-18-14-19(6-7-21(18)23)22-8-10-29-27(33-22)31-20-15-30-36(4)16-20/h6-8,10,14-16,23,38H,5,9,11-13,17H2,1-4H3,(H,32,39)(H,29,31,33)/t23-/m0/s1. The van der Waals surface area contributed by atoms with Crippen molar-refractivity contribution in [2.75, 3.05) is 31.6 Å². The van der Waals surface area contributed by atoms with Gasteiger partial charge in [0, 0.05) is 56.7 Å². The van der Waals surface area contributed by atoms with E-state index in [9.17, 15) is 9.90 Å². The molecule has 4 aromatic rings. The number of rotatable bonds is 8. The predicted molar refractivity (Wildman–Crippen MR) is 149 cm³/mol. The van der Waals surface area contributed by atoms with E-state index in [0.29, 0.717) is 24.8 Å². The van der Waals surface area contributed by atoms with E-state index in [1.165, 1.54) is 0 Å². The van der Waals surface area contributed by atoms with Gasteiger partial charge >= 0.3 is 11.8 Å². The van der Waals surface area contributed by atoms with Crippen LogP contribution in [-0.2, 0) is 18.9 Å². The van der Waals surface area contributed by atoms with Crippen LogP contribution < -0.4 is 10.6 Å². The number of carbonyl (C=O) groups is 1. The summed E-state index contributed by atoms with van der Waals surface area (Å²) in [5.74, 6) is 0.433. The van der Waals surface area contributed by atoms with Crippen LogP contribution in [0, 0.1) is 0 Å². The van der Waals surface area contributed by atoms with Gasteiger partial charge in [-0.15, -0.1) is 10.2 Å². The van der Waals surface area contributed by atoms with E-state index in [-0.39, 0.29) is 24.0 Å². The van der Waals surface area contributed by atoms with Crippen LogP contribution in [0.15, 0.2) is 47.3 Å². The van der Waals surface area contributed by atoms with E-state index in [2.05, 4.69) is 47.9 Å². The van der Waals surface area contributed by atoms with Crippen LogP contribution in [0.4, 0.5) is 11.6 Å². The van der Waals surface area contributed by atoms with Crippen LogP contribution in [0.3, 0.4) is 0 Å². The number of hydrogen-bond donors (Lipinski definition) is 3. The molecule has 0 unspecified atom stereocenters. The number of anilines is 2. The Morgan fingerprint density at radius 3 is 2.80 bits per heavy atom. The third-order valence-electron chi connectivity index (χ3n) is 6.77. The number of aliphatic hydroxyl groups is 1. The fraction of sp³-hybridized carbons (Fsp3) is 0.429. The van der Waals surface area contributed by atoms with Crippen molar-refractivity contribution in [3.63, 3.8) is 0 Å². The van der Waals surface area contributed by atoms with Crippen molar-refractivity contribution in [2.24, 2.45) is 7.05 Å². The average Bonchev–Trinajstić information content (AvgIpc) is 3.55. The lowest BCUT2D eigenvalue weighted by molar-refractivity contribution is 0.0886. The summed E-state index contributed by atoms with van der Waals surface area (Å²) in [6.45, 7) is 8.11. The Morgan fingerprint density at radius 2 is 2.08 bits per heavy atom. The number of benzene rings is 1. The minimum Gasteiger partial charge on any atom is -0.416 e. The van der Waals surface area contributed by atoms with Crippen molar-refractivity contribution in [1.29, 1.82) is 0 Å². The fourth-order valence-electron chi connectivity index (χ4n) is 4.70. The minimum absolute atomic E-state index is 0.0520. The molecule has 0 saturated carbocycles. The van der Waals surface area contributed by atoms with Crippen molar-refractivity contribution in [3.05, 3.63) is 65.8 Å². The molecule has 0 bridgehead atoms. The summed E-state index contributed by atoms with van der Waals surface area (Å²) in [6.07, 6.45) is 6.75. The predicted octanol–water partition coefficient (Wildman–Crippen LogP) is 3.01. The van der Waals surface area contributed by atoms with E-state index in [4.69, 9.17) is 9.40 Å². The molecular formula is C28H35N9O3. The molecule has 12 nitrogen and oxygen atoms in total. The zero-order chi connectivity index (χ0) is 28.3. The molecule has 0 spiro atoms. The van der Waals surface area contributed by atoms with Crippen LogP contribution >= 0.6 is 0 Å². The number of aryl methyl sites for hydroxylation is 1. The highest BCUT2D eigenvalue weighted by molar-refractivity contribution is 5.89.